The van der Waals surface area contributed by atoms with Gasteiger partial charge in [-0.3, -0.25) is 4.79 Å². The van der Waals surface area contributed by atoms with Crippen LogP contribution in [0, 0.1) is 5.82 Å². The number of hydrogen-bond donors (Lipinski definition) is 3. The highest BCUT2D eigenvalue weighted by Crippen LogP contribution is 2.31. The first-order valence-corrected chi connectivity index (χ1v) is 12.6. The van der Waals surface area contributed by atoms with Gasteiger partial charge in [0, 0.05) is 74.2 Å². The molecular formula is C27H35FN6O. The van der Waals surface area contributed by atoms with Gasteiger partial charge in [0.1, 0.15) is 11.5 Å². The molecule has 2 aromatic heterocycles. The molecule has 8 heteroatoms. The van der Waals surface area contributed by atoms with Crippen LogP contribution in [0.4, 0.5) is 15.8 Å². The van der Waals surface area contributed by atoms with Gasteiger partial charge in [-0.15, -0.1) is 0 Å². The molecule has 35 heavy (non-hydrogen) atoms. The molecule has 0 saturated carbocycles. The molecule has 2 aliphatic heterocycles. The first-order valence-electron chi connectivity index (χ1n) is 12.6. The number of rotatable bonds is 7. The van der Waals surface area contributed by atoms with Crippen molar-refractivity contribution in [3.8, 4) is 0 Å². The molecule has 4 heterocycles. The second-order valence-corrected chi connectivity index (χ2v) is 10.4. The molecule has 0 aliphatic carbocycles. The lowest BCUT2D eigenvalue weighted by molar-refractivity contribution is 0.0946. The van der Waals surface area contributed by atoms with E-state index in [0.29, 0.717) is 29.8 Å². The molecule has 3 N–H and O–H groups in total. The van der Waals surface area contributed by atoms with Crippen LogP contribution in [0.1, 0.15) is 49.5 Å². The van der Waals surface area contributed by atoms with E-state index in [2.05, 4.69) is 32.8 Å². The maximum atomic E-state index is 15.3. The number of anilines is 2. The standard InChI is InChI=1S/C27H35FN6O/c1-5-33-11-10-20-24(29-4)21(13-30-25(20)33)26(35)31-16-27(2,3)22-9-8-19(12-23(22)28)34-14-17-6-7-18(15-34)32-17/h8-13,17-18,32H,5-7,14-16H2,1-4H3,(H,29,30)(H,31,35). The molecule has 2 bridgehead atoms. The van der Waals surface area contributed by atoms with Crippen LogP contribution < -0.4 is 20.9 Å². The van der Waals surface area contributed by atoms with Crippen molar-refractivity contribution in [3.63, 3.8) is 0 Å². The Hall–Kier alpha value is -3.13. The lowest BCUT2D eigenvalue weighted by atomic mass is 9.84. The number of nitrogens with zero attached hydrogens (tertiary/aromatic N) is 3. The number of carbonyl (C=O) groups is 1. The van der Waals surface area contributed by atoms with E-state index in [1.165, 1.54) is 12.8 Å². The molecular weight excluding hydrogens is 443 g/mol. The van der Waals surface area contributed by atoms with Crippen molar-refractivity contribution in [1.29, 1.82) is 0 Å². The Kier molecular flexibility index (Phi) is 6.17. The van der Waals surface area contributed by atoms with Crippen molar-refractivity contribution < 1.29 is 9.18 Å². The van der Waals surface area contributed by atoms with E-state index in [9.17, 15) is 4.79 Å². The zero-order valence-corrected chi connectivity index (χ0v) is 21.0. The molecule has 2 fully saturated rings. The Morgan fingerprint density at radius 1 is 1.23 bits per heavy atom. The predicted molar refractivity (Wildman–Crippen MR) is 139 cm³/mol. The molecule has 1 amide bonds. The number of carbonyl (C=O) groups excluding carboxylic acids is 1. The first-order chi connectivity index (χ1) is 16.8. The van der Waals surface area contributed by atoms with Crippen LogP contribution in [-0.4, -0.2) is 54.2 Å². The molecule has 2 aliphatic rings. The second-order valence-electron chi connectivity index (χ2n) is 10.4. The van der Waals surface area contributed by atoms with Gasteiger partial charge in [-0.1, -0.05) is 19.9 Å². The second kappa shape index (κ2) is 9.15. The SMILES string of the molecule is CCn1ccc2c(NC)c(C(=O)NCC(C)(C)c3ccc(N4CC5CCC(C4)N5)cc3F)cnc21. The van der Waals surface area contributed by atoms with Crippen molar-refractivity contribution in [1.82, 2.24) is 20.2 Å². The van der Waals surface area contributed by atoms with Gasteiger partial charge >= 0.3 is 0 Å². The minimum Gasteiger partial charge on any atom is -0.387 e. The lowest BCUT2D eigenvalue weighted by Gasteiger charge is -2.35. The van der Waals surface area contributed by atoms with E-state index >= 15 is 4.39 Å². The fraction of sp³-hybridized carbons (Fsp3) is 0.481. The molecule has 2 saturated heterocycles. The van der Waals surface area contributed by atoms with Gasteiger partial charge in [0.05, 0.1) is 11.3 Å². The van der Waals surface area contributed by atoms with Crippen LogP contribution in [-0.2, 0) is 12.0 Å². The Balaban J connectivity index is 1.31. The number of halogens is 1. The van der Waals surface area contributed by atoms with Crippen LogP contribution in [0.5, 0.6) is 0 Å². The summed E-state index contributed by atoms with van der Waals surface area (Å²) in [6, 6.07) is 8.51. The van der Waals surface area contributed by atoms with Crippen LogP contribution >= 0.6 is 0 Å². The van der Waals surface area contributed by atoms with E-state index < -0.39 is 5.41 Å². The van der Waals surface area contributed by atoms with Crippen LogP contribution in [0.15, 0.2) is 36.7 Å². The normalized spacial score (nSPS) is 19.9. The van der Waals surface area contributed by atoms with Gasteiger partial charge in [-0.2, -0.15) is 0 Å². The van der Waals surface area contributed by atoms with E-state index in [1.807, 2.05) is 42.8 Å². The zero-order chi connectivity index (χ0) is 24.7. The van der Waals surface area contributed by atoms with Crippen molar-refractivity contribution >= 4 is 28.3 Å². The molecule has 5 rings (SSSR count). The fourth-order valence-corrected chi connectivity index (χ4v) is 5.58. The Labute approximate surface area is 206 Å². The summed E-state index contributed by atoms with van der Waals surface area (Å²) in [5.74, 6) is -0.457. The fourth-order valence-electron chi connectivity index (χ4n) is 5.58. The molecule has 1 aromatic carbocycles. The molecule has 3 aromatic rings. The van der Waals surface area contributed by atoms with Gasteiger partial charge in [-0.05, 0) is 43.5 Å². The van der Waals surface area contributed by atoms with E-state index in [-0.39, 0.29) is 11.7 Å². The molecule has 0 radical (unpaired) electrons. The molecule has 0 spiro atoms. The summed E-state index contributed by atoms with van der Waals surface area (Å²) in [6.07, 6.45) is 5.97. The van der Waals surface area contributed by atoms with Crippen molar-refractivity contribution in [2.75, 3.05) is 36.9 Å². The summed E-state index contributed by atoms with van der Waals surface area (Å²) in [5, 5.41) is 10.7. The van der Waals surface area contributed by atoms with Gasteiger partial charge in [0.25, 0.3) is 5.91 Å². The number of nitrogens with one attached hydrogen (secondary N) is 3. The van der Waals surface area contributed by atoms with Crippen molar-refractivity contribution in [3.05, 3.63) is 53.6 Å². The number of fused-ring (bicyclic) bond motifs is 3. The highest BCUT2D eigenvalue weighted by atomic mass is 19.1. The van der Waals surface area contributed by atoms with Gasteiger partial charge in [-0.25, -0.2) is 9.37 Å². The number of hydrogen-bond acceptors (Lipinski definition) is 5. The summed E-state index contributed by atoms with van der Waals surface area (Å²) in [7, 11) is 1.81. The predicted octanol–water partition coefficient (Wildman–Crippen LogP) is 3.89. The Bertz CT molecular complexity index is 1240. The molecule has 7 nitrogen and oxygen atoms in total. The lowest BCUT2D eigenvalue weighted by Crippen LogP contribution is -2.51. The number of pyridine rings is 1. The first kappa shape index (κ1) is 23.6. The summed E-state index contributed by atoms with van der Waals surface area (Å²) >= 11 is 0. The average Bonchev–Trinajstić information content (AvgIpc) is 3.43. The number of piperazine rings is 1. The third-order valence-corrected chi connectivity index (χ3v) is 7.58. The smallest absolute Gasteiger partial charge is 0.255 e. The largest absolute Gasteiger partial charge is 0.387 e. The van der Waals surface area contributed by atoms with E-state index in [4.69, 9.17) is 0 Å². The number of aryl methyl sites for hydroxylation is 1. The third kappa shape index (κ3) is 4.35. The maximum Gasteiger partial charge on any atom is 0.255 e. The maximum absolute atomic E-state index is 15.3. The average molecular weight is 479 g/mol. The van der Waals surface area contributed by atoms with Crippen molar-refractivity contribution in [2.45, 2.75) is 57.7 Å². The van der Waals surface area contributed by atoms with Gasteiger partial charge in [0.2, 0.25) is 0 Å². The van der Waals surface area contributed by atoms with Gasteiger partial charge in [0.15, 0.2) is 0 Å². The number of amides is 1. The Morgan fingerprint density at radius 3 is 2.63 bits per heavy atom. The summed E-state index contributed by atoms with van der Waals surface area (Å²) in [5.41, 5.74) is 3.02. The molecule has 186 valence electrons. The summed E-state index contributed by atoms with van der Waals surface area (Å²) in [6.45, 7) is 8.92. The van der Waals surface area contributed by atoms with Crippen molar-refractivity contribution in [2.24, 2.45) is 0 Å². The third-order valence-electron chi connectivity index (χ3n) is 7.58. The van der Waals surface area contributed by atoms with Gasteiger partial charge < -0.3 is 25.4 Å². The van der Waals surface area contributed by atoms with Crippen LogP contribution in [0.3, 0.4) is 0 Å². The highest BCUT2D eigenvalue weighted by Gasteiger charge is 2.33. The topological polar surface area (TPSA) is 74.2 Å². The van der Waals surface area contributed by atoms with E-state index in [0.717, 1.165) is 42.0 Å². The zero-order valence-electron chi connectivity index (χ0n) is 21.0. The van der Waals surface area contributed by atoms with E-state index in [1.54, 1.807) is 19.3 Å². The summed E-state index contributed by atoms with van der Waals surface area (Å²) < 4.78 is 17.4. The Morgan fingerprint density at radius 2 is 1.97 bits per heavy atom. The quantitative estimate of drug-likeness (QED) is 0.481. The minimum atomic E-state index is -0.580. The summed E-state index contributed by atoms with van der Waals surface area (Å²) in [4.78, 5) is 19.9. The molecule has 2 unspecified atom stereocenters. The van der Waals surface area contributed by atoms with Crippen LogP contribution in [0.25, 0.3) is 11.0 Å². The monoisotopic (exact) mass is 478 g/mol. The highest BCUT2D eigenvalue weighted by molar-refractivity contribution is 6.06. The number of aromatic nitrogens is 2. The number of benzene rings is 1. The molecule has 2 atom stereocenters. The van der Waals surface area contributed by atoms with Crippen LogP contribution in [0.2, 0.25) is 0 Å². The minimum absolute atomic E-state index is 0.227.